The van der Waals surface area contributed by atoms with Gasteiger partial charge in [0.05, 0.1) is 11.5 Å². The zero-order chi connectivity index (χ0) is 23.3. The largest absolute Gasteiger partial charge is 0.450 e. The standard InChI is InChI=1S/C22H26FN3O5S/c1-3-31-22(28)26-12-10-17(11-13-26)24-21(27)20-14-19(9-4-15(20)2)32(29,30)25-18-7-5-16(23)6-8-18/h4-9,14,17,25H,3,10-13H2,1-2H3,(H,24,27). The van der Waals surface area contributed by atoms with Crippen LogP contribution < -0.4 is 10.0 Å². The summed E-state index contributed by atoms with van der Waals surface area (Å²) in [7, 11) is -3.96. The van der Waals surface area contributed by atoms with Crippen LogP contribution in [-0.2, 0) is 14.8 Å². The van der Waals surface area contributed by atoms with Crippen LogP contribution in [0.3, 0.4) is 0 Å². The lowest BCUT2D eigenvalue weighted by Crippen LogP contribution is -2.46. The summed E-state index contributed by atoms with van der Waals surface area (Å²) in [6.45, 7) is 4.72. The lowest BCUT2D eigenvalue weighted by Gasteiger charge is -2.31. The van der Waals surface area contributed by atoms with Gasteiger partial charge in [0.2, 0.25) is 0 Å². The zero-order valence-electron chi connectivity index (χ0n) is 17.9. The number of hydrogen-bond donors (Lipinski definition) is 2. The third kappa shape index (κ3) is 5.76. The number of carbonyl (C=O) groups is 2. The van der Waals surface area contributed by atoms with Crippen LogP contribution in [0.1, 0.15) is 35.7 Å². The first-order chi connectivity index (χ1) is 15.2. The highest BCUT2D eigenvalue weighted by Gasteiger charge is 2.26. The van der Waals surface area contributed by atoms with Gasteiger partial charge in [-0.3, -0.25) is 9.52 Å². The van der Waals surface area contributed by atoms with Gasteiger partial charge in [-0.2, -0.15) is 0 Å². The first-order valence-electron chi connectivity index (χ1n) is 10.3. The summed E-state index contributed by atoms with van der Waals surface area (Å²) in [6.07, 6.45) is 0.793. The minimum absolute atomic E-state index is 0.0743. The summed E-state index contributed by atoms with van der Waals surface area (Å²) in [5, 5.41) is 2.93. The molecule has 0 aromatic heterocycles. The monoisotopic (exact) mass is 463 g/mol. The van der Waals surface area contributed by atoms with E-state index in [0.29, 0.717) is 38.1 Å². The third-order valence-electron chi connectivity index (χ3n) is 5.22. The Morgan fingerprint density at radius 2 is 1.78 bits per heavy atom. The summed E-state index contributed by atoms with van der Waals surface area (Å²) >= 11 is 0. The van der Waals surface area contributed by atoms with Crippen molar-refractivity contribution in [2.45, 2.75) is 37.6 Å². The average molecular weight is 464 g/mol. The molecule has 1 saturated heterocycles. The highest BCUT2D eigenvalue weighted by atomic mass is 32.2. The highest BCUT2D eigenvalue weighted by Crippen LogP contribution is 2.20. The van der Waals surface area contributed by atoms with Gasteiger partial charge in [-0.25, -0.2) is 17.6 Å². The first-order valence-corrected chi connectivity index (χ1v) is 11.8. The molecule has 0 bridgehead atoms. The van der Waals surface area contributed by atoms with Crippen molar-refractivity contribution in [1.82, 2.24) is 10.2 Å². The van der Waals surface area contributed by atoms with E-state index in [4.69, 9.17) is 4.74 Å². The fraction of sp³-hybridized carbons (Fsp3) is 0.364. The number of aryl methyl sites for hydroxylation is 1. The number of ether oxygens (including phenoxy) is 1. The number of rotatable bonds is 6. The second-order valence-electron chi connectivity index (χ2n) is 7.52. The third-order valence-corrected chi connectivity index (χ3v) is 6.60. The molecule has 3 rings (SSSR count). The molecule has 10 heteroatoms. The molecule has 1 fully saturated rings. The summed E-state index contributed by atoms with van der Waals surface area (Å²) in [4.78, 5) is 26.2. The Labute approximate surface area is 186 Å². The number of halogens is 1. The maximum Gasteiger partial charge on any atom is 0.409 e. The van der Waals surface area contributed by atoms with Crippen LogP contribution in [0.15, 0.2) is 47.4 Å². The second kappa shape index (κ2) is 9.99. The predicted molar refractivity (Wildman–Crippen MR) is 117 cm³/mol. The van der Waals surface area contributed by atoms with Gasteiger partial charge in [0.25, 0.3) is 15.9 Å². The van der Waals surface area contributed by atoms with Crippen molar-refractivity contribution < 1.29 is 27.1 Å². The molecule has 0 aliphatic carbocycles. The van der Waals surface area contributed by atoms with E-state index in [1.54, 1.807) is 24.8 Å². The number of nitrogens with zero attached hydrogens (tertiary/aromatic N) is 1. The van der Waals surface area contributed by atoms with Crippen LogP contribution in [0.4, 0.5) is 14.9 Å². The number of hydrogen-bond acceptors (Lipinski definition) is 5. The van der Waals surface area contributed by atoms with Gasteiger partial charge in [0, 0.05) is 30.4 Å². The van der Waals surface area contributed by atoms with E-state index in [1.165, 1.54) is 24.3 Å². The summed E-state index contributed by atoms with van der Waals surface area (Å²) < 4.78 is 45.9. The molecular formula is C22H26FN3O5S. The molecule has 2 amide bonds. The number of piperidine rings is 1. The number of amides is 2. The van der Waals surface area contributed by atoms with Gasteiger partial charge >= 0.3 is 6.09 Å². The lowest BCUT2D eigenvalue weighted by atomic mass is 10.0. The smallest absolute Gasteiger partial charge is 0.409 e. The van der Waals surface area contributed by atoms with E-state index in [9.17, 15) is 22.4 Å². The van der Waals surface area contributed by atoms with Crippen molar-refractivity contribution in [2.24, 2.45) is 0 Å². The Morgan fingerprint density at radius 3 is 2.41 bits per heavy atom. The van der Waals surface area contributed by atoms with E-state index in [-0.39, 0.29) is 34.2 Å². The number of anilines is 1. The fourth-order valence-corrected chi connectivity index (χ4v) is 4.51. The molecule has 32 heavy (non-hydrogen) atoms. The molecule has 172 valence electrons. The van der Waals surface area contributed by atoms with E-state index in [1.807, 2.05) is 0 Å². The van der Waals surface area contributed by atoms with Gasteiger partial charge in [-0.15, -0.1) is 0 Å². The SMILES string of the molecule is CCOC(=O)N1CCC(NC(=O)c2cc(S(=O)(=O)Nc3ccc(F)cc3)ccc2C)CC1. The van der Waals surface area contributed by atoms with Crippen molar-refractivity contribution >= 4 is 27.7 Å². The molecule has 0 unspecified atom stereocenters. The van der Waals surface area contributed by atoms with E-state index in [0.717, 1.165) is 12.1 Å². The Kier molecular flexibility index (Phi) is 7.34. The van der Waals surface area contributed by atoms with Crippen LogP contribution in [0.25, 0.3) is 0 Å². The molecule has 1 aliphatic rings. The van der Waals surface area contributed by atoms with Gasteiger partial charge < -0.3 is 15.0 Å². The Balaban J connectivity index is 1.68. The van der Waals surface area contributed by atoms with Crippen LogP contribution in [0.2, 0.25) is 0 Å². The molecule has 0 saturated carbocycles. The summed E-state index contributed by atoms with van der Waals surface area (Å²) in [6, 6.07) is 9.11. The van der Waals surface area contributed by atoms with Crippen molar-refractivity contribution in [3.05, 3.63) is 59.4 Å². The zero-order valence-corrected chi connectivity index (χ0v) is 18.7. The highest BCUT2D eigenvalue weighted by molar-refractivity contribution is 7.92. The van der Waals surface area contributed by atoms with E-state index >= 15 is 0 Å². The minimum atomic E-state index is -3.96. The van der Waals surface area contributed by atoms with Gasteiger partial charge in [-0.1, -0.05) is 6.07 Å². The Bertz CT molecular complexity index is 1080. The Morgan fingerprint density at radius 1 is 1.12 bits per heavy atom. The Hall–Kier alpha value is -3.14. The van der Waals surface area contributed by atoms with Crippen LogP contribution in [0, 0.1) is 12.7 Å². The quantitative estimate of drug-likeness (QED) is 0.684. The van der Waals surface area contributed by atoms with Crippen molar-refractivity contribution in [3.63, 3.8) is 0 Å². The van der Waals surface area contributed by atoms with Crippen LogP contribution in [-0.4, -0.2) is 51.1 Å². The fourth-order valence-electron chi connectivity index (χ4n) is 3.43. The lowest BCUT2D eigenvalue weighted by molar-refractivity contribution is 0.0859. The van der Waals surface area contributed by atoms with Crippen molar-refractivity contribution in [1.29, 1.82) is 0 Å². The van der Waals surface area contributed by atoms with Crippen LogP contribution >= 0.6 is 0 Å². The van der Waals surface area contributed by atoms with E-state index in [2.05, 4.69) is 10.0 Å². The summed E-state index contributed by atoms with van der Waals surface area (Å²) in [5.74, 6) is -0.855. The topological polar surface area (TPSA) is 105 Å². The van der Waals surface area contributed by atoms with Crippen LogP contribution in [0.5, 0.6) is 0 Å². The summed E-state index contributed by atoms with van der Waals surface area (Å²) in [5.41, 5.74) is 1.10. The predicted octanol–water partition coefficient (Wildman–Crippen LogP) is 3.29. The molecule has 8 nitrogen and oxygen atoms in total. The maximum absolute atomic E-state index is 13.1. The van der Waals surface area contributed by atoms with Gasteiger partial charge in [0.15, 0.2) is 0 Å². The molecule has 2 aromatic rings. The van der Waals surface area contributed by atoms with E-state index < -0.39 is 15.8 Å². The molecule has 1 heterocycles. The number of nitrogens with one attached hydrogen (secondary N) is 2. The first kappa shape index (κ1) is 23.5. The van der Waals surface area contributed by atoms with Crippen molar-refractivity contribution in [3.8, 4) is 0 Å². The van der Waals surface area contributed by atoms with Gasteiger partial charge in [0.1, 0.15) is 5.82 Å². The van der Waals surface area contributed by atoms with Crippen molar-refractivity contribution in [2.75, 3.05) is 24.4 Å². The minimum Gasteiger partial charge on any atom is -0.450 e. The normalized spacial score (nSPS) is 14.7. The molecular weight excluding hydrogens is 437 g/mol. The average Bonchev–Trinajstić information content (AvgIpc) is 2.76. The van der Waals surface area contributed by atoms with Gasteiger partial charge in [-0.05, 0) is 68.7 Å². The number of benzene rings is 2. The number of sulfonamides is 1. The maximum atomic E-state index is 13.1. The molecule has 0 spiro atoms. The molecule has 0 radical (unpaired) electrons. The molecule has 2 N–H and O–H groups in total. The second-order valence-corrected chi connectivity index (χ2v) is 9.21. The number of likely N-dealkylation sites (tertiary alicyclic amines) is 1. The molecule has 0 atom stereocenters. The molecule has 1 aliphatic heterocycles. The number of carbonyl (C=O) groups excluding carboxylic acids is 2. The molecule has 2 aromatic carbocycles.